The van der Waals surface area contributed by atoms with Crippen LogP contribution in [0.1, 0.15) is 79.6 Å². The molecular weight excluding hydrogens is 312 g/mol. The third kappa shape index (κ3) is 4.17. The van der Waals surface area contributed by atoms with Crippen molar-refractivity contribution in [1.29, 1.82) is 0 Å². The van der Waals surface area contributed by atoms with Crippen LogP contribution in [0.15, 0.2) is 11.6 Å². The number of ether oxygens (including phenoxy) is 1. The summed E-state index contributed by atoms with van der Waals surface area (Å²) in [6, 6.07) is 0. The van der Waals surface area contributed by atoms with E-state index in [-0.39, 0.29) is 16.8 Å². The average Bonchev–Trinajstić information content (AvgIpc) is 2.56. The first-order valence-corrected chi connectivity index (χ1v) is 10.0. The van der Waals surface area contributed by atoms with E-state index in [1.54, 1.807) is 0 Å². The molecule has 5 atom stereocenters. The summed E-state index contributed by atoms with van der Waals surface area (Å²) < 4.78 is 5.10. The van der Waals surface area contributed by atoms with Crippen LogP contribution in [0.3, 0.4) is 0 Å². The Morgan fingerprint density at radius 3 is 2.72 bits per heavy atom. The fourth-order valence-corrected chi connectivity index (χ4v) is 5.43. The highest BCUT2D eigenvalue weighted by molar-refractivity contribution is 5.76. The number of allylic oxidation sites excluding steroid dienone is 2. The van der Waals surface area contributed by atoms with E-state index in [4.69, 9.17) is 4.74 Å². The zero-order chi connectivity index (χ0) is 18.7. The van der Waals surface area contributed by atoms with Gasteiger partial charge in [-0.05, 0) is 72.7 Å². The molecule has 0 radical (unpaired) electrons. The normalized spacial score (nSPS) is 36.1. The van der Waals surface area contributed by atoms with Gasteiger partial charge in [0.15, 0.2) is 0 Å². The monoisotopic (exact) mass is 348 g/mol. The summed E-state index contributed by atoms with van der Waals surface area (Å²) in [7, 11) is 0. The molecule has 3 heteroatoms. The molecule has 3 nitrogen and oxygen atoms in total. The highest BCUT2D eigenvalue weighted by atomic mass is 16.5. The van der Waals surface area contributed by atoms with Crippen molar-refractivity contribution in [2.24, 2.45) is 28.6 Å². The van der Waals surface area contributed by atoms with Gasteiger partial charge in [0.05, 0.1) is 6.61 Å². The van der Waals surface area contributed by atoms with Crippen molar-refractivity contribution >= 4 is 12.3 Å². The van der Waals surface area contributed by atoms with Gasteiger partial charge in [0.25, 0.3) is 0 Å². The van der Waals surface area contributed by atoms with Crippen LogP contribution in [-0.2, 0) is 14.3 Å². The third-order valence-corrected chi connectivity index (χ3v) is 7.49. The van der Waals surface area contributed by atoms with Crippen molar-refractivity contribution in [2.75, 3.05) is 6.61 Å². The van der Waals surface area contributed by atoms with E-state index in [0.717, 1.165) is 37.5 Å². The number of carbonyl (C=O) groups excluding carboxylic acids is 2. The topological polar surface area (TPSA) is 43.4 Å². The van der Waals surface area contributed by atoms with Gasteiger partial charge in [-0.15, -0.1) is 0 Å². The molecule has 0 unspecified atom stereocenters. The molecule has 0 aromatic heterocycles. The van der Waals surface area contributed by atoms with Gasteiger partial charge in [0, 0.05) is 6.92 Å². The Balaban J connectivity index is 2.05. The lowest BCUT2D eigenvalue weighted by Crippen LogP contribution is -2.50. The molecule has 2 aliphatic carbocycles. The summed E-state index contributed by atoms with van der Waals surface area (Å²) in [5.74, 6) is 1.65. The van der Waals surface area contributed by atoms with E-state index in [9.17, 15) is 9.59 Å². The molecule has 0 N–H and O–H groups in total. The molecule has 1 fully saturated rings. The van der Waals surface area contributed by atoms with Crippen LogP contribution < -0.4 is 0 Å². The maximum atomic E-state index is 11.6. The molecule has 1 saturated carbocycles. The second kappa shape index (κ2) is 8.05. The van der Waals surface area contributed by atoms with Crippen LogP contribution in [0.4, 0.5) is 0 Å². The molecule has 0 bridgehead atoms. The second-order valence-electron chi connectivity index (χ2n) is 9.04. The van der Waals surface area contributed by atoms with Crippen LogP contribution in [0, 0.1) is 28.6 Å². The van der Waals surface area contributed by atoms with Gasteiger partial charge in [0.1, 0.15) is 6.29 Å². The van der Waals surface area contributed by atoms with Gasteiger partial charge < -0.3 is 4.74 Å². The van der Waals surface area contributed by atoms with Crippen molar-refractivity contribution in [3.05, 3.63) is 11.6 Å². The first-order chi connectivity index (χ1) is 11.7. The molecular formula is C22H36O3. The molecule has 0 aliphatic heterocycles. The number of hydrogen-bond donors (Lipinski definition) is 0. The minimum Gasteiger partial charge on any atom is -0.466 e. The predicted octanol–water partition coefficient (Wildman–Crippen LogP) is 5.33. The van der Waals surface area contributed by atoms with E-state index in [1.165, 1.54) is 26.2 Å². The van der Waals surface area contributed by atoms with Crippen molar-refractivity contribution in [2.45, 2.75) is 79.6 Å². The fraction of sp³-hybridized carbons (Fsp3) is 0.818. The van der Waals surface area contributed by atoms with E-state index in [0.29, 0.717) is 24.4 Å². The maximum absolute atomic E-state index is 11.6. The largest absolute Gasteiger partial charge is 0.466 e. The van der Waals surface area contributed by atoms with Crippen molar-refractivity contribution < 1.29 is 14.3 Å². The Morgan fingerprint density at radius 1 is 1.36 bits per heavy atom. The highest BCUT2D eigenvalue weighted by Gasteiger charge is 2.53. The SMILES string of the molecule is CC(=O)OCC[C@@H](C)CC[C@@]1(C)[C@H](C)CC[C@]2(C)C(C=O)=CCC[C@H]12. The van der Waals surface area contributed by atoms with Crippen LogP contribution in [0.2, 0.25) is 0 Å². The second-order valence-corrected chi connectivity index (χ2v) is 9.04. The first-order valence-electron chi connectivity index (χ1n) is 10.0. The van der Waals surface area contributed by atoms with Crippen molar-refractivity contribution in [3.8, 4) is 0 Å². The van der Waals surface area contributed by atoms with Gasteiger partial charge in [-0.3, -0.25) is 9.59 Å². The van der Waals surface area contributed by atoms with Gasteiger partial charge in [-0.25, -0.2) is 0 Å². The van der Waals surface area contributed by atoms with Crippen LogP contribution in [0.5, 0.6) is 0 Å². The number of esters is 1. The van der Waals surface area contributed by atoms with Gasteiger partial charge in [-0.1, -0.05) is 40.2 Å². The van der Waals surface area contributed by atoms with Crippen molar-refractivity contribution in [3.63, 3.8) is 0 Å². The minimum absolute atomic E-state index is 0.0578. The molecule has 0 spiro atoms. The lowest BCUT2D eigenvalue weighted by atomic mass is 9.47. The average molecular weight is 349 g/mol. The molecule has 0 aromatic rings. The molecule has 0 saturated heterocycles. The van der Waals surface area contributed by atoms with E-state index in [2.05, 4.69) is 33.8 Å². The molecule has 142 valence electrons. The van der Waals surface area contributed by atoms with Gasteiger partial charge >= 0.3 is 5.97 Å². The Bertz CT molecular complexity index is 523. The number of aldehydes is 1. The summed E-state index contributed by atoms with van der Waals surface area (Å²) >= 11 is 0. The van der Waals surface area contributed by atoms with Crippen LogP contribution in [0.25, 0.3) is 0 Å². The number of rotatable bonds is 7. The van der Waals surface area contributed by atoms with Gasteiger partial charge in [-0.2, -0.15) is 0 Å². The fourth-order valence-electron chi connectivity index (χ4n) is 5.43. The van der Waals surface area contributed by atoms with E-state index >= 15 is 0 Å². The predicted molar refractivity (Wildman–Crippen MR) is 101 cm³/mol. The number of carbonyl (C=O) groups is 2. The van der Waals surface area contributed by atoms with Gasteiger partial charge in [0.2, 0.25) is 0 Å². The van der Waals surface area contributed by atoms with E-state index < -0.39 is 0 Å². The summed E-state index contributed by atoms with van der Waals surface area (Å²) in [4.78, 5) is 22.6. The molecule has 25 heavy (non-hydrogen) atoms. The smallest absolute Gasteiger partial charge is 0.302 e. The molecule has 0 heterocycles. The highest BCUT2D eigenvalue weighted by Crippen LogP contribution is 2.61. The standard InChI is InChI=1S/C22H36O3/c1-16(11-14-25-18(3)24)9-12-21(4)17(2)10-13-22(5)19(15-23)7-6-8-20(21)22/h7,15-17,20H,6,8-14H2,1-5H3/t16-,17+,20+,21-,22+/m0/s1. The lowest BCUT2D eigenvalue weighted by Gasteiger charge is -2.57. The first kappa shape index (κ1) is 20.2. The summed E-state index contributed by atoms with van der Waals surface area (Å²) in [6.07, 6.45) is 11.2. The zero-order valence-electron chi connectivity index (χ0n) is 16.8. The lowest BCUT2D eigenvalue weighted by molar-refractivity contribution is -0.141. The maximum Gasteiger partial charge on any atom is 0.302 e. The van der Waals surface area contributed by atoms with Crippen molar-refractivity contribution in [1.82, 2.24) is 0 Å². The minimum atomic E-state index is -0.189. The van der Waals surface area contributed by atoms with Crippen LogP contribution >= 0.6 is 0 Å². The molecule has 0 aromatic carbocycles. The zero-order valence-corrected chi connectivity index (χ0v) is 16.8. The summed E-state index contributed by atoms with van der Waals surface area (Å²) in [5.41, 5.74) is 1.39. The third-order valence-electron chi connectivity index (χ3n) is 7.49. The van der Waals surface area contributed by atoms with E-state index in [1.807, 2.05) is 0 Å². The molecule has 2 aliphatic rings. The Labute approximate surface area is 153 Å². The Kier molecular flexibility index (Phi) is 6.51. The number of fused-ring (bicyclic) bond motifs is 1. The summed E-state index contributed by atoms with van der Waals surface area (Å²) in [6.45, 7) is 11.5. The number of hydrogen-bond acceptors (Lipinski definition) is 3. The quantitative estimate of drug-likeness (QED) is 0.461. The molecule has 0 amide bonds. The Morgan fingerprint density at radius 2 is 2.08 bits per heavy atom. The summed E-state index contributed by atoms with van der Waals surface area (Å²) in [5, 5.41) is 0. The molecule has 2 rings (SSSR count). The Hall–Kier alpha value is -1.12. The van der Waals surface area contributed by atoms with Crippen LogP contribution in [-0.4, -0.2) is 18.9 Å².